The first-order chi connectivity index (χ1) is 11.5. The molecule has 0 bridgehead atoms. The Hall–Kier alpha value is -1.51. The molecule has 128 valence electrons. The smallest absolute Gasteiger partial charge is 0.387 e. The SMILES string of the molecule is O=C1/C(=C\c2ccc(OC(F)F)cc2)SC(=S)N1CC1CCCO1. The summed E-state index contributed by atoms with van der Waals surface area (Å²) >= 11 is 6.52. The number of benzene rings is 1. The average Bonchev–Trinajstić information content (AvgIpc) is 3.13. The number of thiocarbonyl (C=S) groups is 1. The maximum atomic E-state index is 12.5. The predicted molar refractivity (Wildman–Crippen MR) is 91.9 cm³/mol. The van der Waals surface area contributed by atoms with Crippen molar-refractivity contribution >= 4 is 40.3 Å². The normalized spacial score (nSPS) is 22.9. The van der Waals surface area contributed by atoms with Gasteiger partial charge in [-0.05, 0) is 36.6 Å². The highest BCUT2D eigenvalue weighted by Gasteiger charge is 2.34. The molecule has 0 saturated carbocycles. The lowest BCUT2D eigenvalue weighted by molar-refractivity contribution is -0.123. The van der Waals surface area contributed by atoms with Crippen molar-refractivity contribution in [2.24, 2.45) is 0 Å². The molecule has 0 spiro atoms. The number of carbonyl (C=O) groups is 1. The molecule has 1 amide bonds. The third-order valence-electron chi connectivity index (χ3n) is 3.69. The van der Waals surface area contributed by atoms with Crippen LogP contribution >= 0.6 is 24.0 Å². The van der Waals surface area contributed by atoms with Crippen LogP contribution in [0.15, 0.2) is 29.2 Å². The van der Waals surface area contributed by atoms with Gasteiger partial charge in [-0.1, -0.05) is 36.1 Å². The molecule has 1 aromatic rings. The van der Waals surface area contributed by atoms with Crippen molar-refractivity contribution < 1.29 is 23.0 Å². The fourth-order valence-corrected chi connectivity index (χ4v) is 3.82. The monoisotopic (exact) mass is 371 g/mol. The van der Waals surface area contributed by atoms with E-state index in [4.69, 9.17) is 17.0 Å². The number of halogens is 2. The second-order valence-electron chi connectivity index (χ2n) is 5.37. The summed E-state index contributed by atoms with van der Waals surface area (Å²) in [4.78, 5) is 14.6. The van der Waals surface area contributed by atoms with E-state index in [9.17, 15) is 13.6 Å². The maximum absolute atomic E-state index is 12.5. The molecule has 0 radical (unpaired) electrons. The summed E-state index contributed by atoms with van der Waals surface area (Å²) in [5.74, 6) is -0.0681. The molecular weight excluding hydrogens is 356 g/mol. The van der Waals surface area contributed by atoms with Gasteiger partial charge in [0.05, 0.1) is 17.6 Å². The lowest BCUT2D eigenvalue weighted by Gasteiger charge is -2.18. The van der Waals surface area contributed by atoms with E-state index < -0.39 is 6.61 Å². The largest absolute Gasteiger partial charge is 0.435 e. The van der Waals surface area contributed by atoms with Crippen LogP contribution in [0.3, 0.4) is 0 Å². The Kier molecular flexibility index (Phi) is 5.47. The minimum atomic E-state index is -2.86. The summed E-state index contributed by atoms with van der Waals surface area (Å²) < 4.78 is 34.6. The zero-order valence-corrected chi connectivity index (χ0v) is 14.2. The minimum Gasteiger partial charge on any atom is -0.435 e. The van der Waals surface area contributed by atoms with Gasteiger partial charge in [-0.15, -0.1) is 0 Å². The lowest BCUT2D eigenvalue weighted by atomic mass is 10.2. The Balaban J connectivity index is 1.68. The van der Waals surface area contributed by atoms with E-state index in [0.717, 1.165) is 19.4 Å². The van der Waals surface area contributed by atoms with E-state index in [-0.39, 0.29) is 17.8 Å². The Morgan fingerprint density at radius 1 is 1.42 bits per heavy atom. The van der Waals surface area contributed by atoms with Crippen LogP contribution in [0, 0.1) is 0 Å². The molecule has 0 aromatic heterocycles. The molecule has 2 aliphatic rings. The molecule has 1 atom stereocenters. The molecule has 0 N–H and O–H groups in total. The van der Waals surface area contributed by atoms with E-state index in [1.54, 1.807) is 23.1 Å². The predicted octanol–water partition coefficient (Wildman–Crippen LogP) is 3.67. The standard InChI is InChI=1S/C16H15F2NO3S2/c17-15(18)22-11-5-3-10(4-6-11)8-13-14(20)19(16(23)24-13)9-12-2-1-7-21-12/h3-6,8,12,15H,1-2,7,9H2/b13-8+. The zero-order chi connectivity index (χ0) is 17.1. The fraction of sp³-hybridized carbons (Fsp3) is 0.375. The fourth-order valence-electron chi connectivity index (χ4n) is 2.55. The van der Waals surface area contributed by atoms with Crippen LogP contribution in [-0.4, -0.2) is 41.0 Å². The van der Waals surface area contributed by atoms with Gasteiger partial charge in [-0.2, -0.15) is 8.78 Å². The van der Waals surface area contributed by atoms with Gasteiger partial charge < -0.3 is 9.47 Å². The number of ether oxygens (including phenoxy) is 2. The molecule has 8 heteroatoms. The molecule has 1 aromatic carbocycles. The number of hydrogen-bond acceptors (Lipinski definition) is 5. The van der Waals surface area contributed by atoms with Crippen LogP contribution in [0.25, 0.3) is 6.08 Å². The number of thioether (sulfide) groups is 1. The number of amides is 1. The zero-order valence-electron chi connectivity index (χ0n) is 12.6. The number of alkyl halides is 2. The molecular formula is C16H15F2NO3S2. The van der Waals surface area contributed by atoms with E-state index in [1.807, 2.05) is 0 Å². The van der Waals surface area contributed by atoms with E-state index >= 15 is 0 Å². The molecule has 2 fully saturated rings. The summed E-state index contributed by atoms with van der Waals surface area (Å²) in [5, 5.41) is 0. The van der Waals surface area contributed by atoms with Gasteiger partial charge in [0.25, 0.3) is 5.91 Å². The molecule has 0 aliphatic carbocycles. The van der Waals surface area contributed by atoms with Crippen molar-refractivity contribution in [2.75, 3.05) is 13.2 Å². The molecule has 24 heavy (non-hydrogen) atoms. The second-order valence-corrected chi connectivity index (χ2v) is 7.05. The van der Waals surface area contributed by atoms with Gasteiger partial charge in [-0.25, -0.2) is 0 Å². The molecule has 2 saturated heterocycles. The lowest BCUT2D eigenvalue weighted by Crippen LogP contribution is -2.35. The molecule has 2 aliphatic heterocycles. The molecule has 1 unspecified atom stereocenters. The highest BCUT2D eigenvalue weighted by molar-refractivity contribution is 8.26. The van der Waals surface area contributed by atoms with Crippen molar-refractivity contribution in [2.45, 2.75) is 25.6 Å². The van der Waals surface area contributed by atoms with Gasteiger partial charge in [0.15, 0.2) is 0 Å². The summed E-state index contributed by atoms with van der Waals surface area (Å²) in [6.45, 7) is -1.66. The summed E-state index contributed by atoms with van der Waals surface area (Å²) in [7, 11) is 0. The summed E-state index contributed by atoms with van der Waals surface area (Å²) in [6.07, 6.45) is 3.67. The third kappa shape index (κ3) is 4.12. The van der Waals surface area contributed by atoms with Gasteiger partial charge in [0.2, 0.25) is 0 Å². The second kappa shape index (κ2) is 7.58. The van der Waals surface area contributed by atoms with Crippen LogP contribution in [0.2, 0.25) is 0 Å². The van der Waals surface area contributed by atoms with Crippen molar-refractivity contribution in [1.82, 2.24) is 4.90 Å². The Bertz CT molecular complexity index is 658. The van der Waals surface area contributed by atoms with Crippen LogP contribution in [0.4, 0.5) is 8.78 Å². The Morgan fingerprint density at radius 3 is 2.79 bits per heavy atom. The topological polar surface area (TPSA) is 38.8 Å². The van der Waals surface area contributed by atoms with Crippen molar-refractivity contribution in [1.29, 1.82) is 0 Å². The summed E-state index contributed by atoms with van der Waals surface area (Å²) in [5.41, 5.74) is 0.717. The van der Waals surface area contributed by atoms with Crippen LogP contribution < -0.4 is 4.74 Å². The van der Waals surface area contributed by atoms with Gasteiger partial charge in [0, 0.05) is 6.61 Å². The highest BCUT2D eigenvalue weighted by Crippen LogP contribution is 2.33. The quantitative estimate of drug-likeness (QED) is 0.583. The number of carbonyl (C=O) groups excluding carboxylic acids is 1. The summed E-state index contributed by atoms with van der Waals surface area (Å²) in [6, 6.07) is 6.10. The van der Waals surface area contributed by atoms with Crippen LogP contribution in [0.5, 0.6) is 5.75 Å². The average molecular weight is 371 g/mol. The van der Waals surface area contributed by atoms with Gasteiger partial charge in [0.1, 0.15) is 10.1 Å². The van der Waals surface area contributed by atoms with E-state index in [0.29, 0.717) is 21.3 Å². The van der Waals surface area contributed by atoms with E-state index in [2.05, 4.69) is 4.74 Å². The number of hydrogen-bond donors (Lipinski definition) is 0. The van der Waals surface area contributed by atoms with Crippen molar-refractivity contribution in [3.05, 3.63) is 34.7 Å². The van der Waals surface area contributed by atoms with Crippen molar-refractivity contribution in [3.63, 3.8) is 0 Å². The number of rotatable bonds is 5. The Morgan fingerprint density at radius 2 is 2.17 bits per heavy atom. The highest BCUT2D eigenvalue weighted by atomic mass is 32.2. The molecule has 3 rings (SSSR count). The molecule has 2 heterocycles. The Labute approximate surface area is 147 Å². The molecule has 4 nitrogen and oxygen atoms in total. The van der Waals surface area contributed by atoms with Crippen molar-refractivity contribution in [3.8, 4) is 5.75 Å². The first-order valence-electron chi connectivity index (χ1n) is 7.45. The van der Waals surface area contributed by atoms with Crippen LogP contribution in [0.1, 0.15) is 18.4 Å². The minimum absolute atomic E-state index is 0.0395. The van der Waals surface area contributed by atoms with Gasteiger partial charge >= 0.3 is 6.61 Å². The first kappa shape index (κ1) is 17.3. The maximum Gasteiger partial charge on any atom is 0.387 e. The van der Waals surface area contributed by atoms with Gasteiger partial charge in [-0.3, -0.25) is 9.69 Å². The first-order valence-corrected chi connectivity index (χ1v) is 8.67. The number of nitrogens with zero attached hydrogens (tertiary/aromatic N) is 1. The third-order valence-corrected chi connectivity index (χ3v) is 5.06. The van der Waals surface area contributed by atoms with Crippen LogP contribution in [-0.2, 0) is 9.53 Å². The van der Waals surface area contributed by atoms with E-state index in [1.165, 1.54) is 23.9 Å².